The van der Waals surface area contributed by atoms with Crippen LogP contribution in [0.2, 0.25) is 0 Å². The van der Waals surface area contributed by atoms with Crippen LogP contribution >= 0.6 is 0 Å². The van der Waals surface area contributed by atoms with Crippen molar-refractivity contribution in [2.75, 3.05) is 13.6 Å². The summed E-state index contributed by atoms with van der Waals surface area (Å²) in [5, 5.41) is 2.79. The predicted molar refractivity (Wildman–Crippen MR) is 49.5 cm³/mol. The molecule has 4 heteroatoms. The summed E-state index contributed by atoms with van der Waals surface area (Å²) in [5.41, 5.74) is 9.50. The Hall–Kier alpha value is -0.450. The van der Waals surface area contributed by atoms with E-state index in [1.807, 2.05) is 0 Å². The van der Waals surface area contributed by atoms with Crippen LogP contribution in [-0.4, -0.2) is 25.0 Å². The second-order valence-electron chi connectivity index (χ2n) is 4.15. The van der Waals surface area contributed by atoms with Gasteiger partial charge in [0.1, 0.15) is 5.66 Å². The van der Waals surface area contributed by atoms with Crippen LogP contribution in [0.25, 0.3) is 0 Å². The number of nitrogens with two attached hydrogens (primary N) is 2. The highest BCUT2D eigenvalue weighted by atomic mass is 16.1. The number of hydrogen-bond donors (Lipinski definition) is 3. The summed E-state index contributed by atoms with van der Waals surface area (Å²) in [6, 6.07) is 0. The van der Waals surface area contributed by atoms with Crippen LogP contribution in [0, 0.1) is 5.41 Å². The molecule has 0 aromatic heterocycles. The van der Waals surface area contributed by atoms with Crippen molar-refractivity contribution in [3.63, 3.8) is 0 Å². The van der Waals surface area contributed by atoms with Gasteiger partial charge in [-0.2, -0.15) is 0 Å². The summed E-state index contributed by atoms with van der Waals surface area (Å²) in [6.45, 7) is 5.71. The molecular weight excluding hydrogens is 154 g/mol. The van der Waals surface area contributed by atoms with Gasteiger partial charge >= 0.3 is 0 Å². The molecule has 0 atom stereocenters. The molecule has 0 bridgehead atoms. The first-order valence-electron chi connectivity index (χ1n) is 3.99. The quantitative estimate of drug-likeness (QED) is 0.499. The summed E-state index contributed by atoms with van der Waals surface area (Å²) >= 11 is 0. The molecule has 0 aromatic carbocycles. The molecule has 0 aliphatic carbocycles. The number of carbonyl (C=O) groups is 1. The zero-order chi connectivity index (χ0) is 9.99. The van der Waals surface area contributed by atoms with Gasteiger partial charge in [-0.15, -0.1) is 0 Å². The maximum Gasteiger partial charge on any atom is 0.173 e. The van der Waals surface area contributed by atoms with Crippen molar-refractivity contribution in [3.05, 3.63) is 0 Å². The second-order valence-corrected chi connectivity index (χ2v) is 4.15. The van der Waals surface area contributed by atoms with Gasteiger partial charge in [-0.25, -0.2) is 0 Å². The van der Waals surface area contributed by atoms with Crippen LogP contribution in [0.1, 0.15) is 20.8 Å². The lowest BCUT2D eigenvalue weighted by molar-refractivity contribution is -0.131. The monoisotopic (exact) mass is 173 g/mol. The molecule has 0 spiro atoms. The summed E-state index contributed by atoms with van der Waals surface area (Å²) in [5.74, 6) is -0.135. The third kappa shape index (κ3) is 2.89. The molecule has 72 valence electrons. The molecule has 0 aliphatic rings. The Bertz CT molecular complexity index is 170. The fourth-order valence-electron chi connectivity index (χ4n) is 1.07. The molecule has 0 saturated carbocycles. The molecule has 0 fully saturated rings. The van der Waals surface area contributed by atoms with Crippen LogP contribution in [0.3, 0.4) is 0 Å². The molecule has 0 heterocycles. The number of ketones is 1. The highest BCUT2D eigenvalue weighted by molar-refractivity contribution is 5.92. The Kier molecular flexibility index (Phi) is 3.38. The topological polar surface area (TPSA) is 81.1 Å². The highest BCUT2D eigenvalue weighted by Gasteiger charge is 2.36. The molecule has 0 aromatic rings. The lowest BCUT2D eigenvalue weighted by atomic mass is 9.83. The molecule has 0 rings (SSSR count). The van der Waals surface area contributed by atoms with E-state index in [-0.39, 0.29) is 5.78 Å². The van der Waals surface area contributed by atoms with E-state index >= 15 is 0 Å². The lowest BCUT2D eigenvalue weighted by Crippen LogP contribution is -2.64. The Morgan fingerprint density at radius 3 is 2.00 bits per heavy atom. The molecular formula is C8H19N3O. The van der Waals surface area contributed by atoms with Gasteiger partial charge < -0.3 is 16.8 Å². The zero-order valence-electron chi connectivity index (χ0n) is 8.27. The van der Waals surface area contributed by atoms with Crippen LogP contribution in [-0.2, 0) is 4.79 Å². The third-order valence-corrected chi connectivity index (χ3v) is 1.57. The van der Waals surface area contributed by atoms with Crippen molar-refractivity contribution in [3.8, 4) is 0 Å². The second kappa shape index (κ2) is 3.51. The Morgan fingerprint density at radius 1 is 1.33 bits per heavy atom. The van der Waals surface area contributed by atoms with Crippen LogP contribution < -0.4 is 16.8 Å². The molecule has 0 amide bonds. The maximum absolute atomic E-state index is 11.6. The summed E-state index contributed by atoms with van der Waals surface area (Å²) in [7, 11) is 1.71. The number of rotatable bonds is 3. The van der Waals surface area contributed by atoms with E-state index in [0.29, 0.717) is 6.54 Å². The Labute approximate surface area is 73.7 Å². The largest absolute Gasteiger partial charge is 0.316 e. The maximum atomic E-state index is 11.6. The average Bonchev–Trinajstić information content (AvgIpc) is 1.84. The van der Waals surface area contributed by atoms with Gasteiger partial charge in [0.15, 0.2) is 5.78 Å². The minimum atomic E-state index is -1.26. The van der Waals surface area contributed by atoms with Crippen LogP contribution in [0.5, 0.6) is 0 Å². The summed E-state index contributed by atoms with van der Waals surface area (Å²) in [4.78, 5) is 11.6. The standard InChI is InChI=1S/C8H19N3O/c1-7(2,3)6(12)8(9,10)5-11-4/h11H,5,9-10H2,1-4H3. The Balaban J connectivity index is 4.46. The van der Waals surface area contributed by atoms with Gasteiger partial charge in [-0.1, -0.05) is 20.8 Å². The van der Waals surface area contributed by atoms with E-state index in [9.17, 15) is 4.79 Å². The molecule has 12 heavy (non-hydrogen) atoms. The third-order valence-electron chi connectivity index (χ3n) is 1.57. The fourth-order valence-corrected chi connectivity index (χ4v) is 1.07. The number of hydrogen-bond acceptors (Lipinski definition) is 4. The molecule has 0 unspecified atom stereocenters. The number of likely N-dealkylation sites (N-methyl/N-ethyl adjacent to an activating group) is 1. The summed E-state index contributed by atoms with van der Waals surface area (Å²) in [6.07, 6.45) is 0. The van der Waals surface area contributed by atoms with E-state index in [0.717, 1.165) is 0 Å². The molecule has 0 aliphatic heterocycles. The fraction of sp³-hybridized carbons (Fsp3) is 0.875. The van der Waals surface area contributed by atoms with Gasteiger partial charge in [-0.05, 0) is 7.05 Å². The predicted octanol–water partition coefficient (Wildman–Crippen LogP) is -0.565. The van der Waals surface area contributed by atoms with Crippen molar-refractivity contribution in [2.45, 2.75) is 26.4 Å². The van der Waals surface area contributed by atoms with Crippen molar-refractivity contribution >= 4 is 5.78 Å². The van der Waals surface area contributed by atoms with Crippen molar-refractivity contribution in [1.82, 2.24) is 5.32 Å². The minimum absolute atomic E-state index is 0.135. The van der Waals surface area contributed by atoms with Gasteiger partial charge in [0.05, 0.1) is 0 Å². The normalized spacial score (nSPS) is 13.2. The number of carbonyl (C=O) groups excluding carboxylic acids is 1. The van der Waals surface area contributed by atoms with Crippen molar-refractivity contribution in [1.29, 1.82) is 0 Å². The van der Waals surface area contributed by atoms with Gasteiger partial charge in [0, 0.05) is 12.0 Å². The molecule has 0 saturated heterocycles. The van der Waals surface area contributed by atoms with E-state index < -0.39 is 11.1 Å². The number of Topliss-reactive ketones (excluding diaryl/α,β-unsaturated/α-hetero) is 1. The minimum Gasteiger partial charge on any atom is -0.316 e. The SMILES string of the molecule is CNCC(N)(N)C(=O)C(C)(C)C. The van der Waals surface area contributed by atoms with Gasteiger partial charge in [0.2, 0.25) is 0 Å². The van der Waals surface area contributed by atoms with Gasteiger partial charge in [-0.3, -0.25) is 4.79 Å². The van der Waals surface area contributed by atoms with Gasteiger partial charge in [0.25, 0.3) is 0 Å². The van der Waals surface area contributed by atoms with Crippen LogP contribution in [0.15, 0.2) is 0 Å². The first-order chi connectivity index (χ1) is 5.22. The first kappa shape index (κ1) is 11.6. The van der Waals surface area contributed by atoms with Crippen molar-refractivity contribution in [2.24, 2.45) is 16.9 Å². The lowest BCUT2D eigenvalue weighted by Gasteiger charge is -2.29. The smallest absolute Gasteiger partial charge is 0.173 e. The molecule has 0 radical (unpaired) electrons. The number of nitrogens with one attached hydrogen (secondary N) is 1. The first-order valence-corrected chi connectivity index (χ1v) is 3.99. The van der Waals surface area contributed by atoms with E-state index in [4.69, 9.17) is 11.5 Å². The summed E-state index contributed by atoms with van der Waals surface area (Å²) < 4.78 is 0. The zero-order valence-corrected chi connectivity index (χ0v) is 8.27. The highest BCUT2D eigenvalue weighted by Crippen LogP contribution is 2.18. The average molecular weight is 173 g/mol. The molecule has 4 nitrogen and oxygen atoms in total. The van der Waals surface area contributed by atoms with Crippen LogP contribution in [0.4, 0.5) is 0 Å². The van der Waals surface area contributed by atoms with E-state index in [1.165, 1.54) is 0 Å². The van der Waals surface area contributed by atoms with Crippen molar-refractivity contribution < 1.29 is 4.79 Å². The molecule has 5 N–H and O–H groups in total. The van der Waals surface area contributed by atoms with E-state index in [2.05, 4.69) is 5.32 Å². The Morgan fingerprint density at radius 2 is 1.75 bits per heavy atom. The van der Waals surface area contributed by atoms with E-state index in [1.54, 1.807) is 27.8 Å².